The van der Waals surface area contributed by atoms with Gasteiger partial charge in [-0.05, 0) is 18.2 Å². The maximum Gasteiger partial charge on any atom is 0.0650 e. The normalized spacial score (nSPS) is 9.50. The molecule has 3 heteroatoms. The summed E-state index contributed by atoms with van der Waals surface area (Å²) < 4.78 is 0. The van der Waals surface area contributed by atoms with Crippen LogP contribution in [0.15, 0.2) is 60.8 Å². The van der Waals surface area contributed by atoms with E-state index in [1.54, 1.807) is 0 Å². The molecule has 0 aliphatic heterocycles. The van der Waals surface area contributed by atoms with Gasteiger partial charge in [0.2, 0.25) is 0 Å². The lowest BCUT2D eigenvalue weighted by atomic mass is 10.3. The number of hydrogen-bond acceptors (Lipinski definition) is 2. The number of H-pyrrole nitrogens is 1. The third-order valence-corrected chi connectivity index (χ3v) is 2.15. The monoisotopic (exact) mass is 211 g/mol. The molecule has 0 saturated carbocycles. The zero-order chi connectivity index (χ0) is 11.2. The van der Waals surface area contributed by atoms with Crippen LogP contribution in [0, 0.1) is 0 Å². The largest absolute Gasteiger partial charge is 0.399 e. The molecule has 0 aliphatic carbocycles. The molecule has 0 unspecified atom stereocenters. The molecule has 0 amide bonds. The van der Waals surface area contributed by atoms with Crippen molar-refractivity contribution in [2.24, 2.45) is 0 Å². The first kappa shape index (κ1) is 10.2. The molecule has 16 heavy (non-hydrogen) atoms. The molecule has 0 saturated heterocycles. The predicted molar refractivity (Wildman–Crippen MR) is 66.9 cm³/mol. The van der Waals surface area contributed by atoms with Crippen molar-refractivity contribution in [1.82, 2.24) is 10.2 Å². The maximum atomic E-state index is 5.36. The molecule has 3 nitrogen and oxygen atoms in total. The van der Waals surface area contributed by atoms with Crippen molar-refractivity contribution in [2.75, 3.05) is 5.73 Å². The van der Waals surface area contributed by atoms with E-state index >= 15 is 0 Å². The lowest BCUT2D eigenvalue weighted by molar-refractivity contribution is 1.12. The number of nitrogens with zero attached hydrogens (tertiary/aromatic N) is 1. The van der Waals surface area contributed by atoms with Crippen molar-refractivity contribution in [3.63, 3.8) is 0 Å². The molecule has 1 aromatic heterocycles. The highest BCUT2D eigenvalue weighted by Gasteiger charge is 1.88. The summed E-state index contributed by atoms with van der Waals surface area (Å²) in [7, 11) is 0. The van der Waals surface area contributed by atoms with Crippen molar-refractivity contribution >= 4 is 16.6 Å². The molecular weight excluding hydrogens is 198 g/mol. The molecule has 1 heterocycles. The van der Waals surface area contributed by atoms with Gasteiger partial charge in [-0.25, -0.2) is 0 Å². The minimum Gasteiger partial charge on any atom is -0.399 e. The fraction of sp³-hybridized carbons (Fsp3) is 0. The summed E-state index contributed by atoms with van der Waals surface area (Å²) in [6.07, 6.45) is 1.81. The van der Waals surface area contributed by atoms with Gasteiger partial charge in [0.1, 0.15) is 0 Å². The third-order valence-electron chi connectivity index (χ3n) is 2.15. The Bertz CT molecular complexity index is 513. The number of hydrogen-bond donors (Lipinski definition) is 2. The van der Waals surface area contributed by atoms with E-state index < -0.39 is 0 Å². The van der Waals surface area contributed by atoms with E-state index in [0.29, 0.717) is 0 Å². The molecular formula is C13H13N3. The van der Waals surface area contributed by atoms with Gasteiger partial charge in [-0.15, -0.1) is 0 Å². The van der Waals surface area contributed by atoms with Gasteiger partial charge in [-0.3, -0.25) is 5.10 Å². The van der Waals surface area contributed by atoms with Crippen LogP contribution in [-0.4, -0.2) is 10.2 Å². The lowest BCUT2D eigenvalue weighted by Gasteiger charge is -1.83. The number of aromatic amines is 1. The highest BCUT2D eigenvalue weighted by atomic mass is 15.1. The van der Waals surface area contributed by atoms with Crippen LogP contribution in [0.4, 0.5) is 5.69 Å². The number of nitrogens with two attached hydrogens (primary N) is 1. The Morgan fingerprint density at radius 3 is 2.19 bits per heavy atom. The van der Waals surface area contributed by atoms with Crippen molar-refractivity contribution < 1.29 is 0 Å². The third kappa shape index (κ3) is 2.60. The SMILES string of the molecule is Nc1ccccc1.c1ccc2[nH]ncc2c1. The van der Waals surface area contributed by atoms with Crippen LogP contribution in [0.3, 0.4) is 0 Å². The van der Waals surface area contributed by atoms with E-state index in [0.717, 1.165) is 16.6 Å². The van der Waals surface area contributed by atoms with Crippen LogP contribution in [0.5, 0.6) is 0 Å². The highest BCUT2D eigenvalue weighted by molar-refractivity contribution is 5.77. The summed E-state index contributed by atoms with van der Waals surface area (Å²) in [5.41, 5.74) is 7.27. The summed E-state index contributed by atoms with van der Waals surface area (Å²) in [6, 6.07) is 17.5. The molecule has 0 aliphatic rings. The summed E-state index contributed by atoms with van der Waals surface area (Å²) in [5, 5.41) is 7.91. The van der Waals surface area contributed by atoms with E-state index in [4.69, 9.17) is 5.73 Å². The van der Waals surface area contributed by atoms with Gasteiger partial charge in [-0.1, -0.05) is 36.4 Å². The summed E-state index contributed by atoms with van der Waals surface area (Å²) in [6.45, 7) is 0. The summed E-state index contributed by atoms with van der Waals surface area (Å²) in [4.78, 5) is 0. The van der Waals surface area contributed by atoms with Crippen molar-refractivity contribution in [3.8, 4) is 0 Å². The van der Waals surface area contributed by atoms with Crippen LogP contribution in [0.2, 0.25) is 0 Å². The number of aromatic nitrogens is 2. The molecule has 3 N–H and O–H groups in total. The van der Waals surface area contributed by atoms with Gasteiger partial charge in [-0.2, -0.15) is 5.10 Å². The zero-order valence-corrected chi connectivity index (χ0v) is 8.80. The Morgan fingerprint density at radius 1 is 0.875 bits per heavy atom. The molecule has 3 aromatic rings. The number of nitrogens with one attached hydrogen (secondary N) is 1. The Morgan fingerprint density at radius 2 is 1.56 bits per heavy atom. The zero-order valence-electron chi connectivity index (χ0n) is 8.80. The smallest absolute Gasteiger partial charge is 0.0650 e. The molecule has 0 bridgehead atoms. The first-order valence-electron chi connectivity index (χ1n) is 5.05. The van der Waals surface area contributed by atoms with Gasteiger partial charge in [0.15, 0.2) is 0 Å². The second kappa shape index (κ2) is 4.98. The van der Waals surface area contributed by atoms with Crippen LogP contribution in [-0.2, 0) is 0 Å². The fourth-order valence-electron chi connectivity index (χ4n) is 1.34. The molecule has 3 rings (SSSR count). The second-order valence-corrected chi connectivity index (χ2v) is 3.37. The number of para-hydroxylation sites is 2. The molecule has 0 fully saturated rings. The number of nitrogen functional groups attached to an aromatic ring is 1. The number of rotatable bonds is 0. The molecule has 0 atom stereocenters. The van der Waals surface area contributed by atoms with E-state index in [1.807, 2.05) is 60.8 Å². The Balaban J connectivity index is 0.000000125. The predicted octanol–water partition coefficient (Wildman–Crippen LogP) is 2.83. The van der Waals surface area contributed by atoms with Crippen molar-refractivity contribution in [2.45, 2.75) is 0 Å². The summed E-state index contributed by atoms with van der Waals surface area (Å²) >= 11 is 0. The van der Waals surface area contributed by atoms with Gasteiger partial charge in [0.05, 0.1) is 11.7 Å². The van der Waals surface area contributed by atoms with Gasteiger partial charge < -0.3 is 5.73 Å². The average molecular weight is 211 g/mol. The maximum absolute atomic E-state index is 5.36. The molecule has 0 radical (unpaired) electrons. The van der Waals surface area contributed by atoms with E-state index in [-0.39, 0.29) is 0 Å². The van der Waals surface area contributed by atoms with E-state index in [2.05, 4.69) is 10.2 Å². The lowest BCUT2D eigenvalue weighted by Crippen LogP contribution is -1.79. The molecule has 2 aromatic carbocycles. The van der Waals surface area contributed by atoms with Crippen molar-refractivity contribution in [1.29, 1.82) is 0 Å². The molecule has 80 valence electrons. The van der Waals surface area contributed by atoms with E-state index in [9.17, 15) is 0 Å². The number of anilines is 1. The van der Waals surface area contributed by atoms with E-state index in [1.165, 1.54) is 0 Å². The minimum absolute atomic E-state index is 0.822. The standard InChI is InChI=1S/C7H6N2.C6H7N/c1-2-4-7-6(3-1)5-8-9-7;7-6-4-2-1-3-5-6/h1-5H,(H,8,9);1-5H,7H2. The van der Waals surface area contributed by atoms with Crippen LogP contribution >= 0.6 is 0 Å². The van der Waals surface area contributed by atoms with Gasteiger partial charge in [0, 0.05) is 11.1 Å². The van der Waals surface area contributed by atoms with Crippen LogP contribution in [0.1, 0.15) is 0 Å². The number of fused-ring (bicyclic) bond motifs is 1. The van der Waals surface area contributed by atoms with Crippen LogP contribution < -0.4 is 5.73 Å². The first-order chi connectivity index (χ1) is 7.86. The minimum atomic E-state index is 0.822. The Kier molecular flexibility index (Phi) is 3.18. The molecule has 0 spiro atoms. The second-order valence-electron chi connectivity index (χ2n) is 3.37. The topological polar surface area (TPSA) is 54.7 Å². The number of benzene rings is 2. The quantitative estimate of drug-likeness (QED) is 0.562. The van der Waals surface area contributed by atoms with Gasteiger partial charge in [0.25, 0.3) is 0 Å². The Labute approximate surface area is 93.9 Å². The summed E-state index contributed by atoms with van der Waals surface area (Å²) in [5.74, 6) is 0. The van der Waals surface area contributed by atoms with Crippen LogP contribution in [0.25, 0.3) is 10.9 Å². The first-order valence-corrected chi connectivity index (χ1v) is 5.05. The van der Waals surface area contributed by atoms with Crippen molar-refractivity contribution in [3.05, 3.63) is 60.8 Å². The van der Waals surface area contributed by atoms with Gasteiger partial charge >= 0.3 is 0 Å². The highest BCUT2D eigenvalue weighted by Crippen LogP contribution is 2.06. The average Bonchev–Trinajstić information content (AvgIpc) is 2.79. The Hall–Kier alpha value is -2.29. The fourth-order valence-corrected chi connectivity index (χ4v) is 1.34.